The number of aromatic nitrogens is 3. The summed E-state index contributed by atoms with van der Waals surface area (Å²) in [6, 6.07) is 15.3. The average molecular weight is 427 g/mol. The van der Waals surface area contributed by atoms with E-state index >= 15 is 0 Å². The van der Waals surface area contributed by atoms with Gasteiger partial charge in [-0.05, 0) is 55.8 Å². The van der Waals surface area contributed by atoms with Crippen LogP contribution in [0.2, 0.25) is 0 Å². The minimum Gasteiger partial charge on any atom is -0.497 e. The number of hydrogen-bond acceptors (Lipinski definition) is 6. The zero-order valence-corrected chi connectivity index (χ0v) is 18.4. The Balaban J connectivity index is 1.64. The van der Waals surface area contributed by atoms with Crippen molar-refractivity contribution in [1.82, 2.24) is 20.1 Å². The molecule has 1 aromatic heterocycles. The SMILES string of the molecule is CCn1c(SC(C)C(=O)NCc2ccc(OC)cc2)nnc1-c1ccc(OC)cc1. The summed E-state index contributed by atoms with van der Waals surface area (Å²) in [5, 5.41) is 12.0. The fourth-order valence-electron chi connectivity index (χ4n) is 2.90. The van der Waals surface area contributed by atoms with Crippen molar-refractivity contribution in [1.29, 1.82) is 0 Å². The number of benzene rings is 2. The molecule has 30 heavy (non-hydrogen) atoms. The van der Waals surface area contributed by atoms with E-state index in [9.17, 15) is 4.79 Å². The zero-order valence-electron chi connectivity index (χ0n) is 17.6. The lowest BCUT2D eigenvalue weighted by atomic mass is 10.2. The standard InChI is InChI=1S/C22H26N4O3S/c1-5-26-20(17-8-12-19(29-4)13-9-17)24-25-22(26)30-15(2)21(27)23-14-16-6-10-18(28-3)11-7-16/h6-13,15H,5,14H2,1-4H3,(H,23,27). The zero-order chi connectivity index (χ0) is 21.5. The van der Waals surface area contributed by atoms with Crippen LogP contribution in [0, 0.1) is 0 Å². The van der Waals surface area contributed by atoms with Gasteiger partial charge in [0.15, 0.2) is 11.0 Å². The van der Waals surface area contributed by atoms with Crippen molar-refractivity contribution >= 4 is 17.7 Å². The van der Waals surface area contributed by atoms with Crippen LogP contribution in [0.1, 0.15) is 19.4 Å². The Hall–Kier alpha value is -3.00. The number of carbonyl (C=O) groups excluding carboxylic acids is 1. The molecule has 1 unspecified atom stereocenters. The molecule has 0 bridgehead atoms. The predicted octanol–water partition coefficient (Wildman–Crippen LogP) is 3.78. The Bertz CT molecular complexity index is 971. The summed E-state index contributed by atoms with van der Waals surface area (Å²) in [7, 11) is 3.27. The van der Waals surface area contributed by atoms with Gasteiger partial charge in [-0.1, -0.05) is 23.9 Å². The summed E-state index contributed by atoms with van der Waals surface area (Å²) < 4.78 is 12.4. The number of rotatable bonds is 9. The summed E-state index contributed by atoms with van der Waals surface area (Å²) in [6.07, 6.45) is 0. The summed E-state index contributed by atoms with van der Waals surface area (Å²) >= 11 is 1.40. The lowest BCUT2D eigenvalue weighted by Gasteiger charge is -2.13. The van der Waals surface area contributed by atoms with Crippen LogP contribution in [-0.2, 0) is 17.9 Å². The van der Waals surface area contributed by atoms with Gasteiger partial charge in [0, 0.05) is 18.7 Å². The maximum absolute atomic E-state index is 12.6. The second-order valence-corrected chi connectivity index (χ2v) is 7.91. The van der Waals surface area contributed by atoms with Crippen molar-refractivity contribution in [2.24, 2.45) is 0 Å². The van der Waals surface area contributed by atoms with E-state index in [1.165, 1.54) is 11.8 Å². The van der Waals surface area contributed by atoms with Gasteiger partial charge in [0.1, 0.15) is 11.5 Å². The molecule has 0 aliphatic rings. The van der Waals surface area contributed by atoms with E-state index in [0.717, 1.165) is 33.6 Å². The van der Waals surface area contributed by atoms with Crippen LogP contribution in [0.25, 0.3) is 11.4 Å². The molecular formula is C22H26N4O3S. The Morgan fingerprint density at radius 2 is 1.63 bits per heavy atom. The van der Waals surface area contributed by atoms with Crippen LogP contribution in [-0.4, -0.2) is 40.1 Å². The predicted molar refractivity (Wildman–Crippen MR) is 118 cm³/mol. The summed E-state index contributed by atoms with van der Waals surface area (Å²) in [4.78, 5) is 12.6. The summed E-state index contributed by atoms with van der Waals surface area (Å²) in [5.74, 6) is 2.31. The first-order chi connectivity index (χ1) is 14.5. The van der Waals surface area contributed by atoms with Gasteiger partial charge in [-0.15, -0.1) is 10.2 Å². The first-order valence-corrected chi connectivity index (χ1v) is 10.6. The molecule has 2 aromatic carbocycles. The Kier molecular flexibility index (Phi) is 7.35. The van der Waals surface area contributed by atoms with Crippen LogP contribution in [0.4, 0.5) is 0 Å². The molecule has 1 amide bonds. The molecule has 1 N–H and O–H groups in total. The molecule has 0 aliphatic heterocycles. The quantitative estimate of drug-likeness (QED) is 0.525. The monoisotopic (exact) mass is 426 g/mol. The number of amides is 1. The molecule has 0 aliphatic carbocycles. The summed E-state index contributed by atoms with van der Waals surface area (Å²) in [5.41, 5.74) is 1.97. The highest BCUT2D eigenvalue weighted by molar-refractivity contribution is 8.00. The van der Waals surface area contributed by atoms with Gasteiger partial charge in [0.25, 0.3) is 0 Å². The van der Waals surface area contributed by atoms with E-state index in [4.69, 9.17) is 9.47 Å². The van der Waals surface area contributed by atoms with Gasteiger partial charge in [-0.3, -0.25) is 4.79 Å². The van der Waals surface area contributed by atoms with Gasteiger partial charge in [-0.2, -0.15) is 0 Å². The van der Waals surface area contributed by atoms with Crippen molar-refractivity contribution in [3.63, 3.8) is 0 Å². The highest BCUT2D eigenvalue weighted by atomic mass is 32.2. The molecule has 3 rings (SSSR count). The number of nitrogens with zero attached hydrogens (tertiary/aromatic N) is 3. The van der Waals surface area contributed by atoms with Gasteiger partial charge < -0.3 is 19.4 Å². The number of carbonyl (C=O) groups is 1. The van der Waals surface area contributed by atoms with Gasteiger partial charge in [-0.25, -0.2) is 0 Å². The molecular weight excluding hydrogens is 400 g/mol. The third-order valence-electron chi connectivity index (χ3n) is 4.66. The minimum absolute atomic E-state index is 0.0486. The smallest absolute Gasteiger partial charge is 0.233 e. The highest BCUT2D eigenvalue weighted by Crippen LogP contribution is 2.28. The van der Waals surface area contributed by atoms with Crippen LogP contribution in [0.3, 0.4) is 0 Å². The third-order valence-corrected chi connectivity index (χ3v) is 5.74. The number of hydrogen-bond donors (Lipinski definition) is 1. The topological polar surface area (TPSA) is 78.3 Å². The average Bonchev–Trinajstić information content (AvgIpc) is 3.20. The van der Waals surface area contributed by atoms with Crippen molar-refractivity contribution in [3.8, 4) is 22.9 Å². The molecule has 1 atom stereocenters. The Morgan fingerprint density at radius 3 is 2.20 bits per heavy atom. The molecule has 0 radical (unpaired) electrons. The molecule has 1 heterocycles. The fraction of sp³-hybridized carbons (Fsp3) is 0.318. The molecule has 0 saturated carbocycles. The minimum atomic E-state index is -0.304. The number of methoxy groups -OCH3 is 2. The van der Waals surface area contributed by atoms with Crippen LogP contribution in [0.5, 0.6) is 11.5 Å². The third kappa shape index (κ3) is 5.13. The van der Waals surface area contributed by atoms with E-state index in [0.29, 0.717) is 13.1 Å². The molecule has 8 heteroatoms. The number of ether oxygens (including phenoxy) is 2. The van der Waals surface area contributed by atoms with E-state index in [1.54, 1.807) is 14.2 Å². The van der Waals surface area contributed by atoms with Crippen LogP contribution in [0.15, 0.2) is 53.7 Å². The molecule has 7 nitrogen and oxygen atoms in total. The molecule has 3 aromatic rings. The van der Waals surface area contributed by atoms with Crippen molar-refractivity contribution in [2.45, 2.75) is 37.3 Å². The van der Waals surface area contributed by atoms with Gasteiger partial charge in [0.2, 0.25) is 5.91 Å². The van der Waals surface area contributed by atoms with Crippen molar-refractivity contribution in [2.75, 3.05) is 14.2 Å². The largest absolute Gasteiger partial charge is 0.497 e. The maximum Gasteiger partial charge on any atom is 0.233 e. The van der Waals surface area contributed by atoms with E-state index in [1.807, 2.05) is 66.9 Å². The van der Waals surface area contributed by atoms with E-state index < -0.39 is 0 Å². The van der Waals surface area contributed by atoms with E-state index in [-0.39, 0.29) is 11.2 Å². The first-order valence-electron chi connectivity index (χ1n) is 9.70. The normalized spacial score (nSPS) is 11.7. The molecule has 0 fully saturated rings. The lowest BCUT2D eigenvalue weighted by Crippen LogP contribution is -2.30. The molecule has 0 spiro atoms. The van der Waals surface area contributed by atoms with Crippen molar-refractivity contribution < 1.29 is 14.3 Å². The second kappa shape index (κ2) is 10.2. The Labute approximate surface area is 180 Å². The van der Waals surface area contributed by atoms with E-state index in [2.05, 4.69) is 15.5 Å². The fourth-order valence-corrected chi connectivity index (χ4v) is 3.84. The number of thioether (sulfide) groups is 1. The lowest BCUT2D eigenvalue weighted by molar-refractivity contribution is -0.120. The maximum atomic E-state index is 12.6. The Morgan fingerprint density at radius 1 is 1.03 bits per heavy atom. The highest BCUT2D eigenvalue weighted by Gasteiger charge is 2.20. The summed E-state index contributed by atoms with van der Waals surface area (Å²) in [6.45, 7) is 5.08. The first kappa shape index (κ1) is 21.7. The van der Waals surface area contributed by atoms with Crippen LogP contribution < -0.4 is 14.8 Å². The van der Waals surface area contributed by atoms with Crippen molar-refractivity contribution in [3.05, 3.63) is 54.1 Å². The molecule has 0 saturated heterocycles. The van der Waals surface area contributed by atoms with Crippen LogP contribution >= 0.6 is 11.8 Å². The van der Waals surface area contributed by atoms with Gasteiger partial charge >= 0.3 is 0 Å². The molecule has 158 valence electrons. The number of nitrogens with one attached hydrogen (secondary N) is 1. The van der Waals surface area contributed by atoms with Gasteiger partial charge in [0.05, 0.1) is 19.5 Å². The second-order valence-electron chi connectivity index (χ2n) is 6.60.